The number of nitrogens with one attached hydrogen (secondary N) is 2. The van der Waals surface area contributed by atoms with Crippen LogP contribution < -0.4 is 10.6 Å². The summed E-state index contributed by atoms with van der Waals surface area (Å²) in [6.07, 6.45) is 0.441. The lowest BCUT2D eigenvalue weighted by molar-refractivity contribution is -0.124. The van der Waals surface area contributed by atoms with E-state index in [0.29, 0.717) is 12.3 Å². The Morgan fingerprint density at radius 1 is 1.16 bits per heavy atom. The van der Waals surface area contributed by atoms with Crippen molar-refractivity contribution < 1.29 is 9.59 Å². The number of anilines is 1. The zero-order chi connectivity index (χ0) is 14.4. The molecule has 0 aliphatic rings. The predicted octanol–water partition coefficient (Wildman–Crippen LogP) is 2.40. The van der Waals surface area contributed by atoms with E-state index in [1.807, 2.05) is 45.9 Å². The second-order valence-corrected chi connectivity index (χ2v) is 5.24. The van der Waals surface area contributed by atoms with Crippen molar-refractivity contribution in [3.05, 3.63) is 29.3 Å². The van der Waals surface area contributed by atoms with Gasteiger partial charge in [0.15, 0.2) is 0 Å². The highest BCUT2D eigenvalue weighted by Crippen LogP contribution is 2.15. The average Bonchev–Trinajstić information content (AvgIpc) is 2.29. The normalized spacial score (nSPS) is 10.4. The third kappa shape index (κ3) is 5.55. The molecule has 1 aromatic carbocycles. The molecule has 0 spiro atoms. The fraction of sp³-hybridized carbons (Fsp3) is 0.467. The van der Waals surface area contributed by atoms with Crippen LogP contribution in [0.25, 0.3) is 0 Å². The van der Waals surface area contributed by atoms with Crippen LogP contribution in [0.3, 0.4) is 0 Å². The van der Waals surface area contributed by atoms with Crippen molar-refractivity contribution in [2.75, 3.05) is 11.9 Å². The van der Waals surface area contributed by atoms with Gasteiger partial charge in [-0.05, 0) is 31.4 Å². The van der Waals surface area contributed by atoms with Gasteiger partial charge in [0.1, 0.15) is 0 Å². The molecule has 0 radical (unpaired) electrons. The zero-order valence-electron chi connectivity index (χ0n) is 12.0. The number of carbonyl (C=O) groups is 2. The summed E-state index contributed by atoms with van der Waals surface area (Å²) in [5, 5.41) is 5.41. The maximum atomic E-state index is 11.7. The van der Waals surface area contributed by atoms with Gasteiger partial charge < -0.3 is 10.6 Å². The molecule has 2 N–H and O–H groups in total. The molecule has 0 aliphatic heterocycles. The Hall–Kier alpha value is -1.84. The molecule has 2 amide bonds. The van der Waals surface area contributed by atoms with Crippen molar-refractivity contribution >= 4 is 17.5 Å². The number of rotatable bonds is 5. The van der Waals surface area contributed by atoms with E-state index in [1.165, 1.54) is 0 Å². The second-order valence-electron chi connectivity index (χ2n) is 5.24. The van der Waals surface area contributed by atoms with Gasteiger partial charge in [-0.25, -0.2) is 0 Å². The topological polar surface area (TPSA) is 58.2 Å². The summed E-state index contributed by atoms with van der Waals surface area (Å²) in [5.74, 6) is -0.00255. The largest absolute Gasteiger partial charge is 0.347 e. The molecule has 4 nitrogen and oxygen atoms in total. The standard InChI is InChI=1S/C15H22N2O2/c1-10(2)7-14(18)16-9-15(19)17-13-6-5-11(3)8-12(13)4/h5-6,8,10H,7,9H2,1-4H3,(H,16,18)(H,17,19). The maximum Gasteiger partial charge on any atom is 0.243 e. The molecular formula is C15H22N2O2. The first kappa shape index (κ1) is 15.2. The lowest BCUT2D eigenvalue weighted by atomic mass is 10.1. The number of amides is 2. The van der Waals surface area contributed by atoms with Crippen molar-refractivity contribution in [2.45, 2.75) is 34.1 Å². The second kappa shape index (κ2) is 6.92. The van der Waals surface area contributed by atoms with Crippen LogP contribution in [0.1, 0.15) is 31.4 Å². The van der Waals surface area contributed by atoms with Crippen molar-refractivity contribution in [3.63, 3.8) is 0 Å². The minimum Gasteiger partial charge on any atom is -0.347 e. The lowest BCUT2D eigenvalue weighted by Gasteiger charge is -2.10. The number of carbonyl (C=O) groups excluding carboxylic acids is 2. The van der Waals surface area contributed by atoms with E-state index >= 15 is 0 Å². The molecule has 4 heteroatoms. The van der Waals surface area contributed by atoms with E-state index in [4.69, 9.17) is 0 Å². The van der Waals surface area contributed by atoms with E-state index in [-0.39, 0.29) is 18.4 Å². The minimum atomic E-state index is -0.205. The number of hydrogen-bond acceptors (Lipinski definition) is 2. The number of aryl methyl sites for hydroxylation is 2. The molecule has 0 bridgehead atoms. The van der Waals surface area contributed by atoms with Gasteiger partial charge in [0, 0.05) is 12.1 Å². The molecule has 0 saturated heterocycles. The monoisotopic (exact) mass is 262 g/mol. The van der Waals surface area contributed by atoms with Gasteiger partial charge in [-0.3, -0.25) is 9.59 Å². The van der Waals surface area contributed by atoms with Gasteiger partial charge in [0.2, 0.25) is 11.8 Å². The Balaban J connectivity index is 2.45. The van der Waals surface area contributed by atoms with Crippen LogP contribution in [0.15, 0.2) is 18.2 Å². The molecule has 0 aromatic heterocycles. The summed E-state index contributed by atoms with van der Waals surface area (Å²) < 4.78 is 0. The molecule has 0 heterocycles. The summed E-state index contributed by atoms with van der Waals surface area (Å²) in [6.45, 7) is 7.90. The molecule has 0 saturated carbocycles. The Morgan fingerprint density at radius 2 is 1.84 bits per heavy atom. The van der Waals surface area contributed by atoms with Crippen molar-refractivity contribution in [3.8, 4) is 0 Å². The Kier molecular flexibility index (Phi) is 5.55. The summed E-state index contributed by atoms with van der Waals surface area (Å²) in [4.78, 5) is 23.1. The van der Waals surface area contributed by atoms with Crippen LogP contribution in [-0.2, 0) is 9.59 Å². The number of benzene rings is 1. The molecule has 0 atom stereocenters. The van der Waals surface area contributed by atoms with Gasteiger partial charge >= 0.3 is 0 Å². The van der Waals surface area contributed by atoms with E-state index in [1.54, 1.807) is 0 Å². The summed E-state index contributed by atoms with van der Waals surface area (Å²) in [6, 6.07) is 5.82. The van der Waals surface area contributed by atoms with Crippen LogP contribution in [0, 0.1) is 19.8 Å². The first-order valence-corrected chi connectivity index (χ1v) is 6.52. The summed E-state index contributed by atoms with van der Waals surface area (Å²) >= 11 is 0. The van der Waals surface area contributed by atoms with Crippen LogP contribution >= 0.6 is 0 Å². The summed E-state index contributed by atoms with van der Waals surface area (Å²) in [7, 11) is 0. The van der Waals surface area contributed by atoms with Crippen molar-refractivity contribution in [1.82, 2.24) is 5.32 Å². The van der Waals surface area contributed by atoms with Crippen molar-refractivity contribution in [2.24, 2.45) is 5.92 Å². The van der Waals surface area contributed by atoms with E-state index in [2.05, 4.69) is 10.6 Å². The highest BCUT2D eigenvalue weighted by Gasteiger charge is 2.08. The molecule has 0 fully saturated rings. The third-order valence-electron chi connectivity index (χ3n) is 2.70. The SMILES string of the molecule is Cc1ccc(NC(=O)CNC(=O)CC(C)C)c(C)c1. The zero-order valence-corrected chi connectivity index (χ0v) is 12.0. The van der Waals surface area contributed by atoms with Crippen LogP contribution in [-0.4, -0.2) is 18.4 Å². The average molecular weight is 262 g/mol. The molecule has 19 heavy (non-hydrogen) atoms. The summed E-state index contributed by atoms with van der Waals surface area (Å²) in [5.41, 5.74) is 2.95. The van der Waals surface area contributed by atoms with Gasteiger partial charge in [-0.15, -0.1) is 0 Å². The predicted molar refractivity (Wildman–Crippen MR) is 77.0 cm³/mol. The van der Waals surface area contributed by atoms with Gasteiger partial charge in [-0.2, -0.15) is 0 Å². The third-order valence-corrected chi connectivity index (χ3v) is 2.70. The molecule has 1 rings (SSSR count). The Morgan fingerprint density at radius 3 is 2.42 bits per heavy atom. The molecule has 0 unspecified atom stereocenters. The van der Waals surface area contributed by atoms with Gasteiger partial charge in [0.05, 0.1) is 6.54 Å². The van der Waals surface area contributed by atoms with E-state index in [9.17, 15) is 9.59 Å². The first-order valence-electron chi connectivity index (χ1n) is 6.52. The van der Waals surface area contributed by atoms with Crippen molar-refractivity contribution in [1.29, 1.82) is 0 Å². The molecular weight excluding hydrogens is 240 g/mol. The maximum absolute atomic E-state index is 11.7. The van der Waals surface area contributed by atoms with Crippen LogP contribution in [0.2, 0.25) is 0 Å². The van der Waals surface area contributed by atoms with Gasteiger partial charge in [0.25, 0.3) is 0 Å². The highest BCUT2D eigenvalue weighted by molar-refractivity contribution is 5.95. The Bertz CT molecular complexity index is 467. The molecule has 0 aliphatic carbocycles. The van der Waals surface area contributed by atoms with Crippen LogP contribution in [0.5, 0.6) is 0 Å². The molecule has 104 valence electrons. The van der Waals surface area contributed by atoms with Crippen LogP contribution in [0.4, 0.5) is 5.69 Å². The quantitative estimate of drug-likeness (QED) is 0.856. The fourth-order valence-corrected chi connectivity index (χ4v) is 1.77. The van der Waals surface area contributed by atoms with E-state index in [0.717, 1.165) is 16.8 Å². The number of hydrogen-bond donors (Lipinski definition) is 2. The minimum absolute atomic E-state index is 0.0128. The first-order chi connectivity index (χ1) is 8.88. The molecule has 1 aromatic rings. The Labute approximate surface area is 114 Å². The van der Waals surface area contributed by atoms with E-state index < -0.39 is 0 Å². The smallest absolute Gasteiger partial charge is 0.243 e. The van der Waals surface area contributed by atoms with Gasteiger partial charge in [-0.1, -0.05) is 31.5 Å². The highest BCUT2D eigenvalue weighted by atomic mass is 16.2. The lowest BCUT2D eigenvalue weighted by Crippen LogP contribution is -2.33. The fourth-order valence-electron chi connectivity index (χ4n) is 1.77.